The fourth-order valence-electron chi connectivity index (χ4n) is 2.85. The van der Waals surface area contributed by atoms with Gasteiger partial charge in [0.2, 0.25) is 5.95 Å². The summed E-state index contributed by atoms with van der Waals surface area (Å²) in [5.41, 5.74) is 3.48. The van der Waals surface area contributed by atoms with Crippen LogP contribution in [-0.4, -0.2) is 25.4 Å². The molecule has 0 atom stereocenters. The molecule has 3 rings (SSSR count). The Hall–Kier alpha value is -2.63. The third-order valence-electron chi connectivity index (χ3n) is 4.00. The Morgan fingerprint density at radius 2 is 2.00 bits per heavy atom. The lowest BCUT2D eigenvalue weighted by Crippen LogP contribution is -2.25. The minimum absolute atomic E-state index is 0.155. The Bertz CT molecular complexity index is 1010. The fourth-order valence-corrected chi connectivity index (χ4v) is 2.85. The van der Waals surface area contributed by atoms with E-state index in [1.54, 1.807) is 24.8 Å². The lowest BCUT2D eigenvalue weighted by atomic mass is 10.0. The van der Waals surface area contributed by atoms with Gasteiger partial charge in [0.25, 0.3) is 5.56 Å². The molecule has 3 aromatic rings. The van der Waals surface area contributed by atoms with Crippen LogP contribution in [0.1, 0.15) is 26.3 Å². The molecule has 0 spiro atoms. The van der Waals surface area contributed by atoms with E-state index in [1.165, 1.54) is 4.57 Å². The summed E-state index contributed by atoms with van der Waals surface area (Å²) in [6, 6.07) is 4.31. The molecule has 0 fully saturated rings. The van der Waals surface area contributed by atoms with Crippen molar-refractivity contribution in [2.24, 2.45) is 14.1 Å². The summed E-state index contributed by atoms with van der Waals surface area (Å²) in [6.07, 6.45) is 0. The Morgan fingerprint density at radius 1 is 1.29 bits per heavy atom. The molecule has 0 aliphatic rings. The zero-order valence-electron chi connectivity index (χ0n) is 15.9. The molecule has 24 heavy (non-hydrogen) atoms. The van der Waals surface area contributed by atoms with Gasteiger partial charge < -0.3 is 5.32 Å². The van der Waals surface area contributed by atoms with Crippen LogP contribution in [0.4, 0.5) is 5.95 Å². The first-order valence-corrected chi connectivity index (χ1v) is 7.99. The summed E-state index contributed by atoms with van der Waals surface area (Å²) < 4.78 is 11.5. The highest BCUT2D eigenvalue weighted by molar-refractivity contribution is 5.92. The Labute approximate surface area is 142 Å². The average molecular weight is 326 g/mol. The highest BCUT2D eigenvalue weighted by atomic mass is 16.1. The van der Waals surface area contributed by atoms with Crippen molar-refractivity contribution < 1.29 is 1.37 Å². The minimum atomic E-state index is -0.171. The fraction of sp³-hybridized carbons (Fsp3) is 0.389. The predicted molar refractivity (Wildman–Crippen MR) is 97.4 cm³/mol. The van der Waals surface area contributed by atoms with E-state index in [0.717, 1.165) is 11.1 Å². The van der Waals surface area contributed by atoms with Crippen LogP contribution in [0.15, 0.2) is 23.0 Å². The number of anilines is 1. The summed E-state index contributed by atoms with van der Waals surface area (Å²) in [6.45, 7) is 7.88. The third kappa shape index (κ3) is 2.58. The van der Waals surface area contributed by atoms with Crippen LogP contribution in [0.25, 0.3) is 22.3 Å². The molecular formula is C18H23N5O. The van der Waals surface area contributed by atoms with E-state index in [1.807, 2.05) is 33.8 Å². The van der Waals surface area contributed by atoms with Crippen LogP contribution in [0.3, 0.4) is 0 Å². The van der Waals surface area contributed by atoms with Gasteiger partial charge in [0.1, 0.15) is 11.1 Å². The van der Waals surface area contributed by atoms with Crippen molar-refractivity contribution in [3.8, 4) is 11.3 Å². The number of fused-ring (bicyclic) bond motifs is 1. The van der Waals surface area contributed by atoms with Crippen LogP contribution in [0, 0.1) is 13.8 Å². The molecule has 1 N–H and O–H groups in total. The molecule has 0 bridgehead atoms. The molecule has 0 saturated heterocycles. The summed E-state index contributed by atoms with van der Waals surface area (Å²) in [7, 11) is 3.46. The number of hydrogen-bond donors (Lipinski definition) is 1. The number of benzene rings is 1. The van der Waals surface area contributed by atoms with Crippen molar-refractivity contribution in [2.45, 2.75) is 33.7 Å². The van der Waals surface area contributed by atoms with Gasteiger partial charge in [-0.25, -0.2) is 4.68 Å². The summed E-state index contributed by atoms with van der Waals surface area (Å²) >= 11 is 0. The molecule has 126 valence electrons. The standard InChI is InChI=1S/C18H23N5O/c1-10(2)19-18-20-16-14(17(24)22(18)5)15(21-23(16)6)13-8-7-11(3)9-12(13)4/h7-10H,1-6H3,(H,19,20)/i8D. The Balaban J connectivity index is 2.37. The maximum atomic E-state index is 13.0. The Kier molecular flexibility index (Phi) is 3.59. The van der Waals surface area contributed by atoms with Gasteiger partial charge in [0, 0.05) is 25.7 Å². The number of hydrogen-bond acceptors (Lipinski definition) is 4. The van der Waals surface area contributed by atoms with Gasteiger partial charge >= 0.3 is 0 Å². The van der Waals surface area contributed by atoms with Crippen molar-refractivity contribution in [3.63, 3.8) is 0 Å². The molecular weight excluding hydrogens is 302 g/mol. The largest absolute Gasteiger partial charge is 0.353 e. The van der Waals surface area contributed by atoms with E-state index < -0.39 is 0 Å². The maximum Gasteiger partial charge on any atom is 0.266 e. The second-order valence-corrected chi connectivity index (χ2v) is 6.50. The van der Waals surface area contributed by atoms with Gasteiger partial charge in [-0.2, -0.15) is 10.1 Å². The quantitative estimate of drug-likeness (QED) is 0.804. The molecule has 6 nitrogen and oxygen atoms in total. The summed E-state index contributed by atoms with van der Waals surface area (Å²) in [5, 5.41) is 8.16. The van der Waals surface area contributed by atoms with E-state index in [2.05, 4.69) is 15.4 Å². The SMILES string of the molecule is [2H]c1cc(C)cc(C)c1-c1nn(C)c2nc(NC(C)C)n(C)c(=O)c12. The first-order chi connectivity index (χ1) is 11.7. The molecule has 0 saturated carbocycles. The molecule has 0 radical (unpaired) electrons. The first kappa shape index (κ1) is 14.9. The Morgan fingerprint density at radius 3 is 2.62 bits per heavy atom. The smallest absolute Gasteiger partial charge is 0.266 e. The summed E-state index contributed by atoms with van der Waals surface area (Å²) in [5.74, 6) is 0.508. The lowest BCUT2D eigenvalue weighted by molar-refractivity contribution is 0.768. The second-order valence-electron chi connectivity index (χ2n) is 6.50. The van der Waals surface area contributed by atoms with Crippen LogP contribution < -0.4 is 10.9 Å². The summed E-state index contributed by atoms with van der Waals surface area (Å²) in [4.78, 5) is 17.6. The van der Waals surface area contributed by atoms with E-state index in [-0.39, 0.29) is 11.6 Å². The lowest BCUT2D eigenvalue weighted by Gasteiger charge is -2.13. The van der Waals surface area contributed by atoms with Crippen molar-refractivity contribution in [2.75, 3.05) is 5.32 Å². The van der Waals surface area contributed by atoms with Crippen molar-refractivity contribution in [1.82, 2.24) is 19.3 Å². The van der Waals surface area contributed by atoms with E-state index >= 15 is 0 Å². The highest BCUT2D eigenvalue weighted by Gasteiger charge is 2.20. The van der Waals surface area contributed by atoms with E-state index in [0.29, 0.717) is 34.3 Å². The number of nitrogens with zero attached hydrogens (tertiary/aromatic N) is 4. The molecule has 1 aromatic carbocycles. The number of aryl methyl sites for hydroxylation is 3. The third-order valence-corrected chi connectivity index (χ3v) is 4.00. The normalized spacial score (nSPS) is 12.0. The minimum Gasteiger partial charge on any atom is -0.353 e. The van der Waals surface area contributed by atoms with E-state index in [9.17, 15) is 4.79 Å². The number of aromatic nitrogens is 4. The first-order valence-electron chi connectivity index (χ1n) is 8.49. The van der Waals surface area contributed by atoms with Crippen molar-refractivity contribution >= 4 is 17.0 Å². The van der Waals surface area contributed by atoms with Gasteiger partial charge in [0.15, 0.2) is 5.65 Å². The van der Waals surface area contributed by atoms with Crippen LogP contribution in [0.2, 0.25) is 0 Å². The topological polar surface area (TPSA) is 64.7 Å². The number of nitrogens with one attached hydrogen (secondary N) is 1. The number of rotatable bonds is 3. The van der Waals surface area contributed by atoms with Gasteiger partial charge in [-0.3, -0.25) is 9.36 Å². The predicted octanol–water partition coefficient (Wildman–Crippen LogP) is 2.77. The molecule has 0 aliphatic heterocycles. The average Bonchev–Trinajstić information content (AvgIpc) is 2.80. The van der Waals surface area contributed by atoms with Gasteiger partial charge in [-0.1, -0.05) is 23.7 Å². The molecule has 0 aliphatic carbocycles. The van der Waals surface area contributed by atoms with Crippen LogP contribution >= 0.6 is 0 Å². The molecule has 6 heteroatoms. The van der Waals surface area contributed by atoms with Gasteiger partial charge in [0.05, 0.1) is 1.37 Å². The molecule has 0 amide bonds. The second kappa shape index (κ2) is 5.78. The monoisotopic (exact) mass is 326 g/mol. The molecule has 2 heterocycles. The van der Waals surface area contributed by atoms with Crippen molar-refractivity contribution in [1.29, 1.82) is 0 Å². The van der Waals surface area contributed by atoms with Crippen LogP contribution in [-0.2, 0) is 14.1 Å². The van der Waals surface area contributed by atoms with Crippen LogP contribution in [0.5, 0.6) is 0 Å². The highest BCUT2D eigenvalue weighted by Crippen LogP contribution is 2.28. The zero-order valence-corrected chi connectivity index (χ0v) is 14.9. The maximum absolute atomic E-state index is 13.0. The van der Waals surface area contributed by atoms with Gasteiger partial charge in [-0.05, 0) is 33.3 Å². The zero-order chi connectivity index (χ0) is 18.5. The van der Waals surface area contributed by atoms with Gasteiger partial charge in [-0.15, -0.1) is 0 Å². The van der Waals surface area contributed by atoms with Crippen molar-refractivity contribution in [3.05, 3.63) is 39.7 Å². The molecule has 0 unspecified atom stereocenters. The van der Waals surface area contributed by atoms with E-state index in [4.69, 9.17) is 1.37 Å². The molecule has 2 aromatic heterocycles.